The Morgan fingerprint density at radius 3 is 3.00 bits per heavy atom. The van der Waals surface area contributed by atoms with Gasteiger partial charge in [-0.05, 0) is 18.9 Å². The summed E-state index contributed by atoms with van der Waals surface area (Å²) >= 11 is 0. The number of hydrogen-bond acceptors (Lipinski definition) is 4. The Kier molecular flexibility index (Phi) is 4.15. The van der Waals surface area contributed by atoms with Crippen LogP contribution in [0.3, 0.4) is 0 Å². The van der Waals surface area contributed by atoms with Crippen LogP contribution in [0.15, 0.2) is 12.3 Å². The Bertz CT molecular complexity index is 352. The maximum atomic E-state index is 5.85. The predicted octanol–water partition coefficient (Wildman–Crippen LogP) is 0.358. The van der Waals surface area contributed by atoms with E-state index in [-0.39, 0.29) is 0 Å². The van der Waals surface area contributed by atoms with E-state index in [1.54, 1.807) is 7.11 Å². The topological polar surface area (TPSA) is 56.3 Å². The van der Waals surface area contributed by atoms with Crippen LogP contribution in [-0.2, 0) is 18.3 Å². The largest absolute Gasteiger partial charge is 0.381 e. The average Bonchev–Trinajstić information content (AvgIpc) is 2.75. The molecule has 1 aromatic heterocycles. The third kappa shape index (κ3) is 3.06. The molecule has 2 rings (SSSR count). The summed E-state index contributed by atoms with van der Waals surface area (Å²) in [5.74, 6) is 0. The second kappa shape index (κ2) is 5.62. The first kappa shape index (κ1) is 12.5. The van der Waals surface area contributed by atoms with Crippen molar-refractivity contribution in [3.8, 4) is 0 Å². The summed E-state index contributed by atoms with van der Waals surface area (Å²) in [6.45, 7) is 2.61. The van der Waals surface area contributed by atoms with Gasteiger partial charge in [-0.25, -0.2) is 0 Å². The van der Waals surface area contributed by atoms with Gasteiger partial charge in [-0.1, -0.05) is 0 Å². The fourth-order valence-corrected chi connectivity index (χ4v) is 2.49. The van der Waals surface area contributed by atoms with E-state index in [1.807, 2.05) is 17.9 Å². The van der Waals surface area contributed by atoms with E-state index in [4.69, 9.17) is 10.5 Å². The SMILES string of the molecule is COC1CCN(Cc2ccn(C)n2)C(CN)C1. The van der Waals surface area contributed by atoms with Crippen molar-refractivity contribution in [3.05, 3.63) is 18.0 Å². The van der Waals surface area contributed by atoms with E-state index < -0.39 is 0 Å². The van der Waals surface area contributed by atoms with Gasteiger partial charge in [0.1, 0.15) is 0 Å². The number of likely N-dealkylation sites (tertiary alicyclic amines) is 1. The minimum Gasteiger partial charge on any atom is -0.381 e. The fourth-order valence-electron chi connectivity index (χ4n) is 2.49. The van der Waals surface area contributed by atoms with E-state index >= 15 is 0 Å². The molecule has 0 spiro atoms. The Balaban J connectivity index is 1.95. The molecule has 0 aliphatic carbocycles. The molecule has 0 aromatic carbocycles. The number of methoxy groups -OCH3 is 1. The highest BCUT2D eigenvalue weighted by molar-refractivity contribution is 5.00. The van der Waals surface area contributed by atoms with Crippen LogP contribution in [-0.4, -0.2) is 47.0 Å². The summed E-state index contributed by atoms with van der Waals surface area (Å²) in [5.41, 5.74) is 6.96. The van der Waals surface area contributed by atoms with Gasteiger partial charge in [0.2, 0.25) is 0 Å². The molecule has 1 aliphatic heterocycles. The molecule has 5 nitrogen and oxygen atoms in total. The third-order valence-electron chi connectivity index (χ3n) is 3.53. The third-order valence-corrected chi connectivity index (χ3v) is 3.53. The van der Waals surface area contributed by atoms with Crippen molar-refractivity contribution >= 4 is 0 Å². The highest BCUT2D eigenvalue weighted by Crippen LogP contribution is 2.20. The maximum Gasteiger partial charge on any atom is 0.0764 e. The van der Waals surface area contributed by atoms with Crippen molar-refractivity contribution in [1.29, 1.82) is 0 Å². The van der Waals surface area contributed by atoms with Gasteiger partial charge in [-0.2, -0.15) is 5.10 Å². The molecular weight excluding hydrogens is 216 g/mol. The summed E-state index contributed by atoms with van der Waals surface area (Å²) in [5, 5.41) is 4.42. The molecule has 96 valence electrons. The molecule has 2 unspecified atom stereocenters. The van der Waals surface area contributed by atoms with Crippen molar-refractivity contribution in [2.24, 2.45) is 12.8 Å². The highest BCUT2D eigenvalue weighted by Gasteiger charge is 2.27. The molecule has 17 heavy (non-hydrogen) atoms. The van der Waals surface area contributed by atoms with E-state index in [9.17, 15) is 0 Å². The first-order chi connectivity index (χ1) is 8.22. The number of ether oxygens (including phenoxy) is 1. The normalized spacial score (nSPS) is 26.3. The summed E-state index contributed by atoms with van der Waals surface area (Å²) in [6, 6.07) is 2.48. The zero-order valence-electron chi connectivity index (χ0n) is 10.7. The molecule has 0 radical (unpaired) electrons. The fraction of sp³-hybridized carbons (Fsp3) is 0.750. The monoisotopic (exact) mass is 238 g/mol. The summed E-state index contributed by atoms with van der Waals surface area (Å²) in [4.78, 5) is 2.41. The van der Waals surface area contributed by atoms with Crippen molar-refractivity contribution < 1.29 is 4.74 Å². The molecule has 0 amide bonds. The maximum absolute atomic E-state index is 5.85. The lowest BCUT2D eigenvalue weighted by atomic mass is 9.99. The number of nitrogens with zero attached hydrogens (tertiary/aromatic N) is 3. The standard InChI is InChI=1S/C12H22N4O/c1-15-5-3-10(14-15)9-16-6-4-12(17-2)7-11(16)8-13/h3,5,11-12H,4,6-9,13H2,1-2H3. The zero-order valence-corrected chi connectivity index (χ0v) is 10.7. The Morgan fingerprint density at radius 2 is 2.41 bits per heavy atom. The van der Waals surface area contributed by atoms with Crippen LogP contribution in [0.2, 0.25) is 0 Å². The molecule has 5 heteroatoms. The highest BCUT2D eigenvalue weighted by atomic mass is 16.5. The van der Waals surface area contributed by atoms with Crippen LogP contribution in [0.25, 0.3) is 0 Å². The second-order valence-electron chi connectivity index (χ2n) is 4.72. The minimum atomic E-state index is 0.364. The first-order valence-corrected chi connectivity index (χ1v) is 6.18. The molecule has 1 aromatic rings. The average molecular weight is 238 g/mol. The van der Waals surface area contributed by atoms with E-state index in [1.165, 1.54) is 0 Å². The molecule has 1 fully saturated rings. The second-order valence-corrected chi connectivity index (χ2v) is 4.72. The molecular formula is C12H22N4O. The Hall–Kier alpha value is -0.910. The number of rotatable bonds is 4. The number of aryl methyl sites for hydroxylation is 1. The molecule has 2 atom stereocenters. The molecule has 0 saturated carbocycles. The van der Waals surface area contributed by atoms with Crippen LogP contribution >= 0.6 is 0 Å². The van der Waals surface area contributed by atoms with Gasteiger partial charge in [-0.3, -0.25) is 9.58 Å². The van der Waals surface area contributed by atoms with Crippen LogP contribution in [0.4, 0.5) is 0 Å². The summed E-state index contributed by atoms with van der Waals surface area (Å²) in [7, 11) is 3.73. The molecule has 2 N–H and O–H groups in total. The van der Waals surface area contributed by atoms with Crippen LogP contribution in [0, 0.1) is 0 Å². The quantitative estimate of drug-likeness (QED) is 0.823. The smallest absolute Gasteiger partial charge is 0.0764 e. The van der Waals surface area contributed by atoms with Gasteiger partial charge in [0.15, 0.2) is 0 Å². The van der Waals surface area contributed by atoms with Crippen LogP contribution in [0.5, 0.6) is 0 Å². The van der Waals surface area contributed by atoms with Gasteiger partial charge in [-0.15, -0.1) is 0 Å². The van der Waals surface area contributed by atoms with Crippen LogP contribution < -0.4 is 5.73 Å². The van der Waals surface area contributed by atoms with Gasteiger partial charge < -0.3 is 10.5 Å². The lowest BCUT2D eigenvalue weighted by Crippen LogP contribution is -2.48. The van der Waals surface area contributed by atoms with Gasteiger partial charge in [0, 0.05) is 46.0 Å². The van der Waals surface area contributed by atoms with E-state index in [0.29, 0.717) is 18.7 Å². The van der Waals surface area contributed by atoms with Crippen molar-refractivity contribution in [2.45, 2.75) is 31.5 Å². The van der Waals surface area contributed by atoms with Gasteiger partial charge in [0.25, 0.3) is 0 Å². The van der Waals surface area contributed by atoms with Crippen molar-refractivity contribution in [2.75, 3.05) is 20.2 Å². The lowest BCUT2D eigenvalue weighted by molar-refractivity contribution is 0.00973. The minimum absolute atomic E-state index is 0.364. The summed E-state index contributed by atoms with van der Waals surface area (Å²) in [6.07, 6.45) is 4.46. The number of aromatic nitrogens is 2. The first-order valence-electron chi connectivity index (χ1n) is 6.18. The summed E-state index contributed by atoms with van der Waals surface area (Å²) < 4.78 is 7.27. The molecule has 2 heterocycles. The van der Waals surface area contributed by atoms with Crippen LogP contribution in [0.1, 0.15) is 18.5 Å². The number of nitrogens with two attached hydrogens (primary N) is 1. The van der Waals surface area contributed by atoms with Gasteiger partial charge >= 0.3 is 0 Å². The predicted molar refractivity (Wildman–Crippen MR) is 66.5 cm³/mol. The number of hydrogen-bond donors (Lipinski definition) is 1. The Morgan fingerprint density at radius 1 is 1.59 bits per heavy atom. The molecule has 1 aliphatic rings. The Labute approximate surface area is 103 Å². The van der Waals surface area contributed by atoms with Crippen molar-refractivity contribution in [3.63, 3.8) is 0 Å². The van der Waals surface area contributed by atoms with E-state index in [2.05, 4.69) is 16.1 Å². The van der Waals surface area contributed by atoms with Crippen molar-refractivity contribution in [1.82, 2.24) is 14.7 Å². The molecule has 1 saturated heterocycles. The van der Waals surface area contributed by atoms with E-state index in [0.717, 1.165) is 31.6 Å². The number of piperidine rings is 1. The molecule has 0 bridgehead atoms. The lowest BCUT2D eigenvalue weighted by Gasteiger charge is -2.38. The van der Waals surface area contributed by atoms with Gasteiger partial charge in [0.05, 0.1) is 11.8 Å². The zero-order chi connectivity index (χ0) is 12.3.